The Morgan fingerprint density at radius 1 is 1.28 bits per heavy atom. The average molecular weight is 281 g/mol. The molecule has 0 aromatic heterocycles. The molecule has 5 heteroatoms. The van der Waals surface area contributed by atoms with Crippen LogP contribution < -0.4 is 4.74 Å². The molecule has 0 saturated carbocycles. The number of benzene rings is 1. The van der Waals surface area contributed by atoms with E-state index >= 15 is 0 Å². The molecule has 0 N–H and O–H groups in total. The molecule has 0 radical (unpaired) electrons. The highest BCUT2D eigenvalue weighted by molar-refractivity contribution is 6.17. The molecule has 18 heavy (non-hydrogen) atoms. The second-order valence-electron chi connectivity index (χ2n) is 4.49. The van der Waals surface area contributed by atoms with E-state index in [1.54, 1.807) is 6.07 Å². The van der Waals surface area contributed by atoms with Crippen molar-refractivity contribution in [1.82, 2.24) is 0 Å². The first kappa shape index (κ1) is 15.2. The number of ether oxygens (including phenoxy) is 1. The lowest BCUT2D eigenvalue weighted by atomic mass is 10.1. The zero-order valence-corrected chi connectivity index (χ0v) is 11.1. The van der Waals surface area contributed by atoms with Crippen LogP contribution in [0.1, 0.15) is 31.4 Å². The Kier molecular flexibility index (Phi) is 5.32. The fourth-order valence-electron chi connectivity index (χ4n) is 1.41. The topological polar surface area (TPSA) is 9.23 Å². The van der Waals surface area contributed by atoms with E-state index in [4.69, 9.17) is 16.3 Å². The Morgan fingerprint density at radius 2 is 1.94 bits per heavy atom. The Hall–Kier alpha value is -0.900. The van der Waals surface area contributed by atoms with Crippen LogP contribution in [0.5, 0.6) is 5.75 Å². The molecule has 0 aliphatic carbocycles. The normalized spacial score (nSPS) is 11.9. The van der Waals surface area contributed by atoms with Crippen LogP contribution in [0.3, 0.4) is 0 Å². The fraction of sp³-hybridized carbons (Fsp3) is 0.538. The highest BCUT2D eigenvalue weighted by atomic mass is 35.5. The molecule has 0 aliphatic rings. The molecule has 0 bridgehead atoms. The molecule has 1 aromatic rings. The van der Waals surface area contributed by atoms with Crippen LogP contribution in [-0.4, -0.2) is 6.61 Å². The van der Waals surface area contributed by atoms with Gasteiger partial charge in [-0.1, -0.05) is 19.9 Å². The lowest BCUT2D eigenvalue weighted by molar-refractivity contribution is -0.139. The minimum Gasteiger partial charge on any atom is -0.493 e. The first-order valence-corrected chi connectivity index (χ1v) is 6.27. The van der Waals surface area contributed by atoms with Crippen LogP contribution in [0.25, 0.3) is 0 Å². The van der Waals surface area contributed by atoms with Crippen molar-refractivity contribution in [2.75, 3.05) is 6.61 Å². The van der Waals surface area contributed by atoms with Crippen LogP contribution in [-0.2, 0) is 12.1 Å². The summed E-state index contributed by atoms with van der Waals surface area (Å²) in [4.78, 5) is 0. The van der Waals surface area contributed by atoms with Crippen molar-refractivity contribution >= 4 is 11.6 Å². The summed E-state index contributed by atoms with van der Waals surface area (Å²) in [6.45, 7) is 4.26. The first-order chi connectivity index (χ1) is 8.34. The van der Waals surface area contributed by atoms with Crippen molar-refractivity contribution in [3.05, 3.63) is 29.3 Å². The van der Waals surface area contributed by atoms with E-state index in [2.05, 4.69) is 0 Å². The summed E-state index contributed by atoms with van der Waals surface area (Å²) in [7, 11) is 0. The van der Waals surface area contributed by atoms with Crippen LogP contribution in [0.15, 0.2) is 18.2 Å². The van der Waals surface area contributed by atoms with Gasteiger partial charge in [0.1, 0.15) is 5.75 Å². The smallest absolute Gasteiger partial charge is 0.419 e. The van der Waals surface area contributed by atoms with Crippen molar-refractivity contribution in [2.24, 2.45) is 5.92 Å². The fourth-order valence-corrected chi connectivity index (χ4v) is 1.58. The molecule has 0 unspecified atom stereocenters. The third kappa shape index (κ3) is 4.41. The van der Waals surface area contributed by atoms with Gasteiger partial charge in [-0.25, -0.2) is 0 Å². The minimum atomic E-state index is -4.42. The molecule has 0 heterocycles. The maximum Gasteiger partial charge on any atom is 0.419 e. The predicted octanol–water partition coefficient (Wildman–Crippen LogP) is 4.87. The zero-order chi connectivity index (χ0) is 13.8. The molecular formula is C13H16ClF3O. The van der Waals surface area contributed by atoms with Gasteiger partial charge in [0.25, 0.3) is 0 Å². The van der Waals surface area contributed by atoms with Gasteiger partial charge in [-0.05, 0) is 30.0 Å². The summed E-state index contributed by atoms with van der Waals surface area (Å²) in [6, 6.07) is 3.92. The monoisotopic (exact) mass is 280 g/mol. The second-order valence-corrected chi connectivity index (χ2v) is 4.76. The highest BCUT2D eigenvalue weighted by Crippen LogP contribution is 2.37. The van der Waals surface area contributed by atoms with Gasteiger partial charge in [-0.2, -0.15) is 13.2 Å². The van der Waals surface area contributed by atoms with Gasteiger partial charge in [0.15, 0.2) is 0 Å². The highest BCUT2D eigenvalue weighted by Gasteiger charge is 2.34. The molecule has 1 aromatic carbocycles. The molecule has 0 amide bonds. The molecule has 0 fully saturated rings. The first-order valence-electron chi connectivity index (χ1n) is 5.73. The predicted molar refractivity (Wildman–Crippen MR) is 66.0 cm³/mol. The molecule has 0 saturated heterocycles. The van der Waals surface area contributed by atoms with E-state index in [1.807, 2.05) is 13.8 Å². The van der Waals surface area contributed by atoms with E-state index in [-0.39, 0.29) is 18.2 Å². The Labute approximate surface area is 110 Å². The standard InChI is InChI=1S/C13H16ClF3O/c1-9(2)5-6-18-12-4-3-10(8-14)7-11(12)13(15,16)17/h3-4,7,9H,5-6,8H2,1-2H3. The van der Waals surface area contributed by atoms with E-state index in [1.165, 1.54) is 6.07 Å². The maximum absolute atomic E-state index is 12.8. The van der Waals surface area contributed by atoms with E-state index in [9.17, 15) is 13.2 Å². The van der Waals surface area contributed by atoms with Gasteiger partial charge < -0.3 is 4.74 Å². The van der Waals surface area contributed by atoms with Crippen molar-refractivity contribution in [3.63, 3.8) is 0 Å². The summed E-state index contributed by atoms with van der Waals surface area (Å²) in [5.41, 5.74) is -0.329. The van der Waals surface area contributed by atoms with Crippen LogP contribution in [0.4, 0.5) is 13.2 Å². The van der Waals surface area contributed by atoms with Gasteiger partial charge >= 0.3 is 6.18 Å². The third-order valence-corrected chi connectivity index (χ3v) is 2.77. The molecule has 1 nitrogen and oxygen atoms in total. The minimum absolute atomic E-state index is 0.0509. The Balaban J connectivity index is 2.89. The Bertz CT molecular complexity index is 388. The number of halogens is 4. The summed E-state index contributed by atoms with van der Waals surface area (Å²) < 4.78 is 43.7. The summed E-state index contributed by atoms with van der Waals surface area (Å²) in [5, 5.41) is 0. The summed E-state index contributed by atoms with van der Waals surface area (Å²) >= 11 is 5.54. The molecular weight excluding hydrogens is 265 g/mol. The lowest BCUT2D eigenvalue weighted by Crippen LogP contribution is -2.10. The van der Waals surface area contributed by atoms with Crippen LogP contribution in [0, 0.1) is 5.92 Å². The van der Waals surface area contributed by atoms with Crippen molar-refractivity contribution in [3.8, 4) is 5.75 Å². The average Bonchev–Trinajstić information content (AvgIpc) is 2.27. The van der Waals surface area contributed by atoms with E-state index in [0.29, 0.717) is 17.9 Å². The zero-order valence-electron chi connectivity index (χ0n) is 10.4. The van der Waals surface area contributed by atoms with Crippen molar-refractivity contribution in [1.29, 1.82) is 0 Å². The van der Waals surface area contributed by atoms with Crippen molar-refractivity contribution < 1.29 is 17.9 Å². The second kappa shape index (κ2) is 6.32. The van der Waals surface area contributed by atoms with Crippen LogP contribution in [0.2, 0.25) is 0 Å². The van der Waals surface area contributed by atoms with Crippen molar-refractivity contribution in [2.45, 2.75) is 32.3 Å². The van der Waals surface area contributed by atoms with Gasteiger partial charge in [-0.15, -0.1) is 11.6 Å². The van der Waals surface area contributed by atoms with Crippen LogP contribution >= 0.6 is 11.6 Å². The molecule has 0 atom stereocenters. The number of rotatable bonds is 5. The van der Waals surface area contributed by atoms with E-state index in [0.717, 1.165) is 6.07 Å². The molecule has 1 rings (SSSR count). The van der Waals surface area contributed by atoms with Gasteiger partial charge in [-0.3, -0.25) is 0 Å². The molecule has 0 spiro atoms. The SMILES string of the molecule is CC(C)CCOc1ccc(CCl)cc1C(F)(F)F. The number of hydrogen-bond acceptors (Lipinski definition) is 1. The molecule has 0 aliphatic heterocycles. The van der Waals surface area contributed by atoms with E-state index < -0.39 is 11.7 Å². The number of alkyl halides is 4. The number of hydrogen-bond donors (Lipinski definition) is 0. The Morgan fingerprint density at radius 3 is 2.44 bits per heavy atom. The summed E-state index contributed by atoms with van der Waals surface area (Å²) in [5.74, 6) is 0.313. The lowest BCUT2D eigenvalue weighted by Gasteiger charge is -2.15. The van der Waals surface area contributed by atoms with Gasteiger partial charge in [0.05, 0.1) is 12.2 Å². The largest absolute Gasteiger partial charge is 0.493 e. The van der Waals surface area contributed by atoms with Gasteiger partial charge in [0, 0.05) is 5.88 Å². The third-order valence-electron chi connectivity index (χ3n) is 2.46. The van der Waals surface area contributed by atoms with Gasteiger partial charge in [0.2, 0.25) is 0 Å². The molecule has 102 valence electrons. The maximum atomic E-state index is 12.8. The summed E-state index contributed by atoms with van der Waals surface area (Å²) in [6.07, 6.45) is -3.70. The quantitative estimate of drug-likeness (QED) is 0.699.